The van der Waals surface area contributed by atoms with Crippen molar-refractivity contribution in [2.24, 2.45) is 5.41 Å². The van der Waals surface area contributed by atoms with E-state index in [-0.39, 0.29) is 0 Å². The van der Waals surface area contributed by atoms with E-state index in [1.807, 2.05) is 6.08 Å². The van der Waals surface area contributed by atoms with E-state index in [9.17, 15) is 0 Å². The third-order valence-electron chi connectivity index (χ3n) is 3.26. The lowest BCUT2D eigenvalue weighted by Crippen LogP contribution is -2.30. The Balaban J connectivity index is 2.83. The van der Waals surface area contributed by atoms with Crippen LogP contribution in [-0.2, 0) is 0 Å². The lowest BCUT2D eigenvalue weighted by Gasteiger charge is -2.33. The van der Waals surface area contributed by atoms with Gasteiger partial charge in [-0.3, -0.25) is 0 Å². The van der Waals surface area contributed by atoms with Gasteiger partial charge in [0.05, 0.1) is 0 Å². The number of likely N-dealkylation sites (N-methyl/N-ethyl adjacent to an activating group) is 1. The normalized spacial score (nSPS) is 21.6. The molecule has 1 nitrogen and oxygen atoms in total. The Morgan fingerprint density at radius 3 is 2.56 bits per heavy atom. The molecule has 0 aromatic carbocycles. The van der Waals surface area contributed by atoms with Crippen LogP contribution >= 0.6 is 0 Å². The molecule has 1 atom stereocenters. The molecule has 1 aliphatic rings. The van der Waals surface area contributed by atoms with Crippen molar-refractivity contribution in [2.45, 2.75) is 46.6 Å². The molecule has 16 heavy (non-hydrogen) atoms. The zero-order valence-corrected chi connectivity index (χ0v) is 11.4. The Bertz CT molecular complexity index is 315. The maximum Gasteiger partial charge on any atom is 0.0442 e. The Labute approximate surface area is 101 Å². The Morgan fingerprint density at radius 1 is 1.44 bits per heavy atom. The van der Waals surface area contributed by atoms with Crippen LogP contribution in [-0.4, -0.2) is 18.0 Å². The summed E-state index contributed by atoms with van der Waals surface area (Å²) < 4.78 is 0. The predicted molar refractivity (Wildman–Crippen MR) is 72.3 cm³/mol. The first-order valence-corrected chi connectivity index (χ1v) is 6.12. The minimum absolute atomic E-state index is 0.393. The Hall–Kier alpha value is -0.980. The molecule has 0 saturated carbocycles. The van der Waals surface area contributed by atoms with Crippen molar-refractivity contribution in [3.05, 3.63) is 36.1 Å². The highest BCUT2D eigenvalue weighted by molar-refractivity contribution is 5.38. The first kappa shape index (κ1) is 13.1. The molecular formula is C15H25N. The molecule has 0 radical (unpaired) electrons. The van der Waals surface area contributed by atoms with Crippen LogP contribution in [0, 0.1) is 5.41 Å². The summed E-state index contributed by atoms with van der Waals surface area (Å²) in [7, 11) is 2.18. The van der Waals surface area contributed by atoms with Crippen LogP contribution in [0.4, 0.5) is 0 Å². The second kappa shape index (κ2) is 4.90. The molecule has 0 saturated heterocycles. The van der Waals surface area contributed by atoms with Gasteiger partial charge in [0, 0.05) is 18.8 Å². The van der Waals surface area contributed by atoms with Crippen molar-refractivity contribution in [1.82, 2.24) is 4.90 Å². The molecule has 90 valence electrons. The van der Waals surface area contributed by atoms with Crippen molar-refractivity contribution in [1.29, 1.82) is 0 Å². The highest BCUT2D eigenvalue weighted by Gasteiger charge is 2.19. The van der Waals surface area contributed by atoms with Crippen LogP contribution in [0.5, 0.6) is 0 Å². The number of hydrogen-bond acceptors (Lipinski definition) is 1. The van der Waals surface area contributed by atoms with Gasteiger partial charge >= 0.3 is 0 Å². The monoisotopic (exact) mass is 219 g/mol. The van der Waals surface area contributed by atoms with Gasteiger partial charge in [-0.15, -0.1) is 0 Å². The fraction of sp³-hybridized carbons (Fsp3) is 0.600. The van der Waals surface area contributed by atoms with Crippen LogP contribution in [0.1, 0.15) is 40.5 Å². The lowest BCUT2D eigenvalue weighted by atomic mass is 9.88. The van der Waals surface area contributed by atoms with E-state index in [1.54, 1.807) is 0 Å². The molecule has 0 aromatic heterocycles. The number of rotatable bonds is 3. The molecule has 0 aliphatic carbocycles. The quantitative estimate of drug-likeness (QED) is 0.689. The van der Waals surface area contributed by atoms with Gasteiger partial charge in [0.1, 0.15) is 0 Å². The van der Waals surface area contributed by atoms with Gasteiger partial charge in [0.15, 0.2) is 0 Å². The van der Waals surface area contributed by atoms with Crippen LogP contribution < -0.4 is 0 Å². The molecule has 0 fully saturated rings. The van der Waals surface area contributed by atoms with Gasteiger partial charge in [-0.1, -0.05) is 45.6 Å². The Kier molecular flexibility index (Phi) is 4.01. The van der Waals surface area contributed by atoms with E-state index in [1.165, 1.54) is 17.7 Å². The molecule has 1 heteroatoms. The molecule has 1 aliphatic heterocycles. The minimum atomic E-state index is 0.393. The van der Waals surface area contributed by atoms with Gasteiger partial charge in [-0.2, -0.15) is 0 Å². The van der Waals surface area contributed by atoms with Crippen molar-refractivity contribution >= 4 is 0 Å². The van der Waals surface area contributed by atoms with E-state index in [0.717, 1.165) is 6.42 Å². The summed E-state index contributed by atoms with van der Waals surface area (Å²) in [5, 5.41) is 0. The van der Waals surface area contributed by atoms with Gasteiger partial charge < -0.3 is 4.90 Å². The minimum Gasteiger partial charge on any atom is -0.371 e. The zero-order chi connectivity index (χ0) is 12.3. The second-order valence-electron chi connectivity index (χ2n) is 5.88. The molecule has 1 heterocycles. The first-order valence-electron chi connectivity index (χ1n) is 6.12. The maximum absolute atomic E-state index is 3.90. The maximum atomic E-state index is 3.90. The fourth-order valence-corrected chi connectivity index (χ4v) is 1.92. The fourth-order valence-electron chi connectivity index (χ4n) is 1.92. The van der Waals surface area contributed by atoms with E-state index in [4.69, 9.17) is 0 Å². The smallest absolute Gasteiger partial charge is 0.0442 e. The molecule has 0 bridgehead atoms. The van der Waals surface area contributed by atoms with Crippen molar-refractivity contribution in [3.8, 4) is 0 Å². The SMILES string of the molecule is C=CC1=C(CCC(C)(C)C)N(C)C(C)C=C1. The predicted octanol–water partition coefficient (Wildman–Crippen LogP) is 4.14. The summed E-state index contributed by atoms with van der Waals surface area (Å²) in [5.41, 5.74) is 3.11. The second-order valence-corrected chi connectivity index (χ2v) is 5.88. The number of nitrogens with zero attached hydrogens (tertiary/aromatic N) is 1. The summed E-state index contributed by atoms with van der Waals surface area (Å²) in [5.74, 6) is 0. The number of hydrogen-bond donors (Lipinski definition) is 0. The standard InChI is InChI=1S/C15H25N/c1-7-13-9-8-12(2)16(6)14(13)10-11-15(3,4)5/h7-9,12H,1,10-11H2,2-6H3. The van der Waals surface area contributed by atoms with Crippen LogP contribution in [0.15, 0.2) is 36.1 Å². The lowest BCUT2D eigenvalue weighted by molar-refractivity contribution is 0.313. The molecule has 0 amide bonds. The van der Waals surface area contributed by atoms with Gasteiger partial charge in [-0.05, 0) is 30.8 Å². The van der Waals surface area contributed by atoms with E-state index in [0.29, 0.717) is 11.5 Å². The summed E-state index contributed by atoms with van der Waals surface area (Å²) in [6.07, 6.45) is 8.75. The van der Waals surface area contributed by atoms with Crippen LogP contribution in [0.25, 0.3) is 0 Å². The Morgan fingerprint density at radius 2 is 2.06 bits per heavy atom. The number of allylic oxidation sites excluding steroid dienone is 4. The molecule has 1 rings (SSSR count). The highest BCUT2D eigenvalue weighted by atomic mass is 15.1. The van der Waals surface area contributed by atoms with Crippen molar-refractivity contribution in [3.63, 3.8) is 0 Å². The summed E-state index contributed by atoms with van der Waals surface area (Å²) in [4.78, 5) is 2.36. The topological polar surface area (TPSA) is 3.24 Å². The van der Waals surface area contributed by atoms with Crippen LogP contribution in [0.3, 0.4) is 0 Å². The summed E-state index contributed by atoms with van der Waals surface area (Å²) >= 11 is 0. The van der Waals surface area contributed by atoms with Gasteiger partial charge in [0.2, 0.25) is 0 Å². The molecule has 0 spiro atoms. The molecule has 0 aromatic rings. The summed E-state index contributed by atoms with van der Waals surface area (Å²) in [6, 6.07) is 0.499. The van der Waals surface area contributed by atoms with E-state index >= 15 is 0 Å². The third-order valence-corrected chi connectivity index (χ3v) is 3.26. The molecule has 1 unspecified atom stereocenters. The first-order chi connectivity index (χ1) is 7.35. The van der Waals surface area contributed by atoms with Crippen LogP contribution in [0.2, 0.25) is 0 Å². The average molecular weight is 219 g/mol. The van der Waals surface area contributed by atoms with Crippen molar-refractivity contribution in [2.75, 3.05) is 7.05 Å². The summed E-state index contributed by atoms with van der Waals surface area (Å²) in [6.45, 7) is 13.0. The molecular weight excluding hydrogens is 194 g/mol. The van der Waals surface area contributed by atoms with Gasteiger partial charge in [0.25, 0.3) is 0 Å². The highest BCUT2D eigenvalue weighted by Crippen LogP contribution is 2.29. The third kappa shape index (κ3) is 3.26. The largest absolute Gasteiger partial charge is 0.371 e. The van der Waals surface area contributed by atoms with Crippen molar-refractivity contribution < 1.29 is 0 Å². The molecule has 0 N–H and O–H groups in total. The zero-order valence-electron chi connectivity index (χ0n) is 11.4. The van der Waals surface area contributed by atoms with Gasteiger partial charge in [-0.25, -0.2) is 0 Å². The average Bonchev–Trinajstić information content (AvgIpc) is 2.19. The van der Waals surface area contributed by atoms with E-state index < -0.39 is 0 Å². The van der Waals surface area contributed by atoms with E-state index in [2.05, 4.69) is 58.4 Å².